The van der Waals surface area contributed by atoms with E-state index in [1.807, 2.05) is 0 Å². The van der Waals surface area contributed by atoms with Gasteiger partial charge in [-0.2, -0.15) is 0 Å². The Bertz CT molecular complexity index is 25.4. The van der Waals surface area contributed by atoms with Gasteiger partial charge in [-0.15, -0.1) is 0 Å². The average Bonchev–Trinajstić information content (AvgIpc) is 1.35. The molecule has 0 aliphatic carbocycles. The normalized spacial score (nSPS) is 10.0. The van der Waals surface area contributed by atoms with Gasteiger partial charge < -0.3 is 0 Å². The largest absolute Gasteiger partial charge is 0.0654 e. The van der Waals surface area contributed by atoms with Crippen molar-refractivity contribution in [1.82, 2.24) is 0 Å². The minimum absolute atomic E-state index is 0. The van der Waals surface area contributed by atoms with Gasteiger partial charge in [-0.1, -0.05) is 33.6 Å². The fraction of sp³-hybridized carbons (Fsp3) is 1.00. The van der Waals surface area contributed by atoms with Crippen molar-refractivity contribution in [2.45, 2.75) is 33.6 Å². The maximum absolute atomic E-state index is 2.25. The van der Waals surface area contributed by atoms with Crippen LogP contribution in [-0.4, -0.2) is 0 Å². The molecule has 0 heterocycles. The van der Waals surface area contributed by atoms with Crippen molar-refractivity contribution in [3.63, 3.8) is 0 Å². The zero-order valence-corrected chi connectivity index (χ0v) is 4.99. The third kappa shape index (κ3) is 4.00. The van der Waals surface area contributed by atoms with Crippen LogP contribution in [0.4, 0.5) is 0 Å². The van der Waals surface area contributed by atoms with Crippen molar-refractivity contribution < 1.29 is 1.43 Å². The first-order valence-corrected chi connectivity index (χ1v) is 2.77. The van der Waals surface area contributed by atoms with Crippen molar-refractivity contribution in [2.24, 2.45) is 5.92 Å². The fourth-order valence-corrected chi connectivity index (χ4v) is 0.577. The zero-order chi connectivity index (χ0) is 4.99. The van der Waals surface area contributed by atoms with E-state index >= 15 is 0 Å². The summed E-state index contributed by atoms with van der Waals surface area (Å²) in [5, 5.41) is 0. The maximum atomic E-state index is 2.25. The lowest BCUT2D eigenvalue weighted by atomic mass is 10.1. The van der Waals surface area contributed by atoms with Crippen LogP contribution in [0.2, 0.25) is 0 Å². The highest BCUT2D eigenvalue weighted by atomic mass is 13.9. The minimum atomic E-state index is 0. The molecule has 0 rings (SSSR count). The third-order valence-electron chi connectivity index (χ3n) is 0.866. The Hall–Kier alpha value is 0. The molecule has 0 nitrogen and oxygen atoms in total. The quantitative estimate of drug-likeness (QED) is 0.487. The lowest BCUT2D eigenvalue weighted by Crippen LogP contribution is -1.81. The van der Waals surface area contributed by atoms with Crippen LogP contribution >= 0.6 is 0 Å². The monoisotopic (exact) mass is 88.1 g/mol. The van der Waals surface area contributed by atoms with Gasteiger partial charge in [-0.3, -0.25) is 0 Å². The first-order chi connectivity index (χ1) is 2.77. The smallest absolute Gasteiger partial charge is 0 e. The van der Waals surface area contributed by atoms with Crippen LogP contribution in [0.3, 0.4) is 0 Å². The van der Waals surface area contributed by atoms with Gasteiger partial charge in [0.25, 0.3) is 0 Å². The lowest BCUT2D eigenvalue weighted by molar-refractivity contribution is 0.576. The standard InChI is InChI=1S/C6H14.H2/c1-4-5-6(2)3;/h6H,4-5H2,1-3H3;1H. The predicted octanol–water partition coefficient (Wildman–Crippen LogP) is 2.69. The molecule has 0 atom stereocenters. The van der Waals surface area contributed by atoms with E-state index in [-0.39, 0.29) is 1.43 Å². The number of rotatable bonds is 2. The van der Waals surface area contributed by atoms with Crippen LogP contribution in [0.25, 0.3) is 0 Å². The molecule has 0 N–H and O–H groups in total. The van der Waals surface area contributed by atoms with Crippen LogP contribution in [0.15, 0.2) is 0 Å². The molecule has 6 heavy (non-hydrogen) atoms. The fourth-order valence-electron chi connectivity index (χ4n) is 0.577. The zero-order valence-electron chi connectivity index (χ0n) is 4.99. The molecule has 0 aromatic rings. The summed E-state index contributed by atoms with van der Waals surface area (Å²) in [6, 6.07) is 0. The summed E-state index contributed by atoms with van der Waals surface area (Å²) in [6.07, 6.45) is 2.71. The second-order valence-corrected chi connectivity index (χ2v) is 2.18. The van der Waals surface area contributed by atoms with Gasteiger partial charge >= 0.3 is 0 Å². The van der Waals surface area contributed by atoms with Crippen molar-refractivity contribution in [2.75, 3.05) is 0 Å². The van der Waals surface area contributed by atoms with Crippen LogP contribution < -0.4 is 0 Å². The molecule has 0 spiro atoms. The minimum Gasteiger partial charge on any atom is -0.0654 e. The molecule has 0 aliphatic heterocycles. The Morgan fingerprint density at radius 2 is 2.00 bits per heavy atom. The average molecular weight is 88.2 g/mol. The molecular formula is C6H16. The van der Waals surface area contributed by atoms with E-state index in [4.69, 9.17) is 0 Å². The van der Waals surface area contributed by atoms with Gasteiger partial charge in [-0.05, 0) is 5.92 Å². The molecule has 0 saturated carbocycles. The van der Waals surface area contributed by atoms with Gasteiger partial charge in [0.1, 0.15) is 0 Å². The molecule has 0 heteroatoms. The highest BCUT2D eigenvalue weighted by Crippen LogP contribution is 2.00. The summed E-state index contributed by atoms with van der Waals surface area (Å²) < 4.78 is 0. The Kier molecular flexibility index (Phi) is 3.20. The summed E-state index contributed by atoms with van der Waals surface area (Å²) in [4.78, 5) is 0. The first-order valence-electron chi connectivity index (χ1n) is 2.77. The highest BCUT2D eigenvalue weighted by Gasteiger charge is 1.85. The Morgan fingerprint density at radius 1 is 1.50 bits per heavy atom. The SMILES string of the molecule is CCCC(C)C.[HH]. The second-order valence-electron chi connectivity index (χ2n) is 2.18. The molecule has 0 unspecified atom stereocenters. The summed E-state index contributed by atoms with van der Waals surface area (Å²) in [5.74, 6) is 0.898. The van der Waals surface area contributed by atoms with Crippen LogP contribution in [0, 0.1) is 5.92 Å². The maximum Gasteiger partial charge on any atom is 0 e. The second kappa shape index (κ2) is 3.20. The Balaban J connectivity index is 0. The molecule has 0 aromatic heterocycles. The summed E-state index contributed by atoms with van der Waals surface area (Å²) in [7, 11) is 0. The summed E-state index contributed by atoms with van der Waals surface area (Å²) >= 11 is 0. The predicted molar refractivity (Wildman–Crippen MR) is 31.9 cm³/mol. The first kappa shape index (κ1) is 6.00. The van der Waals surface area contributed by atoms with Crippen molar-refractivity contribution in [3.8, 4) is 0 Å². The van der Waals surface area contributed by atoms with Crippen molar-refractivity contribution in [3.05, 3.63) is 0 Å². The van der Waals surface area contributed by atoms with Gasteiger partial charge in [0.2, 0.25) is 0 Å². The van der Waals surface area contributed by atoms with Gasteiger partial charge in [0, 0.05) is 1.43 Å². The van der Waals surface area contributed by atoms with Crippen molar-refractivity contribution >= 4 is 0 Å². The summed E-state index contributed by atoms with van der Waals surface area (Å²) in [6.45, 7) is 6.73. The molecule has 0 amide bonds. The summed E-state index contributed by atoms with van der Waals surface area (Å²) in [5.41, 5.74) is 0. The number of hydrogen-bond acceptors (Lipinski definition) is 0. The topological polar surface area (TPSA) is 0 Å². The van der Waals surface area contributed by atoms with E-state index in [0.717, 1.165) is 5.92 Å². The van der Waals surface area contributed by atoms with Gasteiger partial charge in [0.05, 0.1) is 0 Å². The highest BCUT2D eigenvalue weighted by molar-refractivity contribution is 4.38. The van der Waals surface area contributed by atoms with Gasteiger partial charge in [-0.25, -0.2) is 0 Å². The Labute approximate surface area is 42.0 Å². The van der Waals surface area contributed by atoms with Crippen molar-refractivity contribution in [1.29, 1.82) is 0 Å². The molecule has 0 saturated heterocycles. The van der Waals surface area contributed by atoms with E-state index in [0.29, 0.717) is 0 Å². The van der Waals surface area contributed by atoms with Crippen LogP contribution in [0.1, 0.15) is 35.0 Å². The molecule has 40 valence electrons. The number of hydrogen-bond donors (Lipinski definition) is 0. The molecule has 0 aliphatic rings. The van der Waals surface area contributed by atoms with E-state index in [1.54, 1.807) is 0 Å². The van der Waals surface area contributed by atoms with Gasteiger partial charge in [0.15, 0.2) is 0 Å². The molecule has 0 bridgehead atoms. The Morgan fingerprint density at radius 3 is 2.00 bits per heavy atom. The van der Waals surface area contributed by atoms with E-state index in [2.05, 4.69) is 20.8 Å². The molecule has 0 fully saturated rings. The molecule has 0 aromatic carbocycles. The van der Waals surface area contributed by atoms with E-state index in [9.17, 15) is 0 Å². The molecular weight excluding hydrogens is 72.1 g/mol. The molecule has 0 radical (unpaired) electrons. The van der Waals surface area contributed by atoms with Crippen LogP contribution in [0.5, 0.6) is 0 Å². The lowest BCUT2D eigenvalue weighted by Gasteiger charge is -1.95. The third-order valence-corrected chi connectivity index (χ3v) is 0.866. The van der Waals surface area contributed by atoms with Crippen LogP contribution in [-0.2, 0) is 0 Å². The van der Waals surface area contributed by atoms with E-state index in [1.165, 1.54) is 12.8 Å². The van der Waals surface area contributed by atoms with E-state index < -0.39 is 0 Å².